The third kappa shape index (κ3) is 7.57. The average molecular weight is 418 g/mol. The van der Waals surface area contributed by atoms with E-state index in [-0.39, 0.29) is 11.9 Å². The number of nitrogens with zero attached hydrogens (tertiary/aromatic N) is 3. The van der Waals surface area contributed by atoms with Gasteiger partial charge in [0.05, 0.1) is 12.6 Å². The molecule has 2 N–H and O–H groups in total. The minimum Gasteiger partial charge on any atom is -0.444 e. The molecule has 1 aromatic rings. The number of benzene rings is 1. The van der Waals surface area contributed by atoms with Crippen molar-refractivity contribution < 1.29 is 14.3 Å². The van der Waals surface area contributed by atoms with Crippen molar-refractivity contribution in [3.63, 3.8) is 0 Å². The van der Waals surface area contributed by atoms with Gasteiger partial charge in [0.25, 0.3) is 0 Å². The zero-order valence-corrected chi connectivity index (χ0v) is 18.8. The van der Waals surface area contributed by atoms with Crippen LogP contribution in [0.3, 0.4) is 0 Å². The van der Waals surface area contributed by atoms with Crippen molar-refractivity contribution in [3.05, 3.63) is 35.9 Å². The number of aliphatic imine (C=N–C) groups is 1. The highest BCUT2D eigenvalue weighted by Gasteiger charge is 2.23. The number of nitrogens with one attached hydrogen (secondary N) is 2. The van der Waals surface area contributed by atoms with Crippen LogP contribution < -0.4 is 10.6 Å². The SMILES string of the molecule is CCNC(=NCC(NC(=O)OC(C)(C)C)c1ccccc1)N1CCN(C(C)=O)CC1. The van der Waals surface area contributed by atoms with Gasteiger partial charge in [-0.25, -0.2) is 4.79 Å². The molecule has 1 fully saturated rings. The van der Waals surface area contributed by atoms with Crippen molar-refractivity contribution in [3.8, 4) is 0 Å². The van der Waals surface area contributed by atoms with E-state index in [4.69, 9.17) is 9.73 Å². The van der Waals surface area contributed by atoms with Gasteiger partial charge < -0.3 is 25.2 Å². The van der Waals surface area contributed by atoms with Crippen LogP contribution in [0.2, 0.25) is 0 Å². The quantitative estimate of drug-likeness (QED) is 0.567. The summed E-state index contributed by atoms with van der Waals surface area (Å²) in [5.74, 6) is 0.884. The lowest BCUT2D eigenvalue weighted by Gasteiger charge is -2.36. The smallest absolute Gasteiger partial charge is 0.408 e. The molecule has 1 unspecified atom stereocenters. The minimum atomic E-state index is -0.570. The predicted molar refractivity (Wildman–Crippen MR) is 118 cm³/mol. The van der Waals surface area contributed by atoms with E-state index >= 15 is 0 Å². The molecular formula is C22H35N5O3. The summed E-state index contributed by atoms with van der Waals surface area (Å²) >= 11 is 0. The first-order chi connectivity index (χ1) is 14.2. The van der Waals surface area contributed by atoms with E-state index < -0.39 is 11.7 Å². The van der Waals surface area contributed by atoms with Crippen LogP contribution in [0.4, 0.5) is 4.79 Å². The van der Waals surface area contributed by atoms with E-state index in [1.165, 1.54) is 0 Å². The Labute approximate surface area is 179 Å². The first-order valence-electron chi connectivity index (χ1n) is 10.5. The van der Waals surface area contributed by atoms with Crippen LogP contribution in [0, 0.1) is 0 Å². The molecule has 2 rings (SSSR count). The number of carbonyl (C=O) groups is 2. The lowest BCUT2D eigenvalue weighted by atomic mass is 10.1. The average Bonchev–Trinajstić information content (AvgIpc) is 2.69. The Balaban J connectivity index is 2.12. The van der Waals surface area contributed by atoms with Crippen molar-refractivity contribution in [2.75, 3.05) is 39.3 Å². The monoisotopic (exact) mass is 417 g/mol. The number of carbonyl (C=O) groups excluding carboxylic acids is 2. The summed E-state index contributed by atoms with van der Waals surface area (Å²) < 4.78 is 5.43. The van der Waals surface area contributed by atoms with Gasteiger partial charge in [-0.05, 0) is 33.3 Å². The second kappa shape index (κ2) is 10.8. The fourth-order valence-electron chi connectivity index (χ4n) is 3.21. The lowest BCUT2D eigenvalue weighted by molar-refractivity contribution is -0.130. The zero-order chi connectivity index (χ0) is 22.1. The lowest BCUT2D eigenvalue weighted by Crippen LogP contribution is -2.53. The summed E-state index contributed by atoms with van der Waals surface area (Å²) in [7, 11) is 0. The molecule has 1 atom stereocenters. The zero-order valence-electron chi connectivity index (χ0n) is 18.8. The van der Waals surface area contributed by atoms with Crippen molar-refractivity contribution >= 4 is 18.0 Å². The Kier molecular flexibility index (Phi) is 8.50. The van der Waals surface area contributed by atoms with Crippen molar-refractivity contribution in [2.45, 2.75) is 46.3 Å². The summed E-state index contributed by atoms with van der Waals surface area (Å²) in [5, 5.41) is 6.27. The minimum absolute atomic E-state index is 0.0993. The summed E-state index contributed by atoms with van der Waals surface area (Å²) in [6.45, 7) is 13.1. The topological polar surface area (TPSA) is 86.3 Å². The summed E-state index contributed by atoms with van der Waals surface area (Å²) in [4.78, 5) is 32.7. The van der Waals surface area contributed by atoms with E-state index in [1.54, 1.807) is 6.92 Å². The van der Waals surface area contributed by atoms with Gasteiger partial charge in [0.15, 0.2) is 5.96 Å². The fraction of sp³-hybridized carbons (Fsp3) is 0.591. The molecule has 8 heteroatoms. The number of hydrogen-bond donors (Lipinski definition) is 2. The third-order valence-corrected chi connectivity index (χ3v) is 4.68. The molecule has 1 aliphatic rings. The summed E-state index contributed by atoms with van der Waals surface area (Å²) in [6.07, 6.45) is -0.466. The van der Waals surface area contributed by atoms with Gasteiger partial charge in [0, 0.05) is 39.6 Å². The van der Waals surface area contributed by atoms with E-state index in [0.29, 0.717) is 19.6 Å². The molecule has 0 aromatic heterocycles. The molecule has 0 spiro atoms. The van der Waals surface area contributed by atoms with Gasteiger partial charge in [-0.2, -0.15) is 0 Å². The van der Waals surface area contributed by atoms with Crippen LogP contribution in [0.15, 0.2) is 35.3 Å². The van der Waals surface area contributed by atoms with Crippen LogP contribution in [-0.4, -0.2) is 72.6 Å². The number of alkyl carbamates (subject to hydrolysis) is 1. The number of rotatable bonds is 5. The predicted octanol–water partition coefficient (Wildman–Crippen LogP) is 2.38. The molecule has 1 aromatic carbocycles. The Hall–Kier alpha value is -2.77. The molecule has 1 aliphatic heterocycles. The highest BCUT2D eigenvalue weighted by molar-refractivity contribution is 5.80. The van der Waals surface area contributed by atoms with E-state index in [0.717, 1.165) is 31.2 Å². The van der Waals surface area contributed by atoms with Crippen molar-refractivity contribution in [2.24, 2.45) is 4.99 Å². The van der Waals surface area contributed by atoms with Gasteiger partial charge in [-0.15, -0.1) is 0 Å². The number of ether oxygens (including phenoxy) is 1. The van der Waals surface area contributed by atoms with Gasteiger partial charge in [0.1, 0.15) is 5.60 Å². The Bertz CT molecular complexity index is 722. The molecule has 8 nitrogen and oxygen atoms in total. The summed E-state index contributed by atoms with van der Waals surface area (Å²) in [5.41, 5.74) is 0.393. The first-order valence-corrected chi connectivity index (χ1v) is 10.5. The maximum absolute atomic E-state index is 12.4. The van der Waals surface area contributed by atoms with Crippen LogP contribution >= 0.6 is 0 Å². The van der Waals surface area contributed by atoms with E-state index in [2.05, 4.69) is 15.5 Å². The highest BCUT2D eigenvalue weighted by Crippen LogP contribution is 2.15. The number of piperazine rings is 1. The Morgan fingerprint density at radius 2 is 1.70 bits per heavy atom. The molecule has 30 heavy (non-hydrogen) atoms. The standard InChI is InChI=1S/C22H35N5O3/c1-6-23-20(27-14-12-26(13-15-27)17(2)28)24-16-19(18-10-8-7-9-11-18)25-21(29)30-22(3,4)5/h7-11,19H,6,12-16H2,1-5H3,(H,23,24)(H,25,29). The third-order valence-electron chi connectivity index (χ3n) is 4.68. The van der Waals surface area contributed by atoms with Crippen LogP contribution in [-0.2, 0) is 9.53 Å². The number of hydrogen-bond acceptors (Lipinski definition) is 4. The first kappa shape index (κ1) is 23.5. The maximum Gasteiger partial charge on any atom is 0.408 e. The van der Waals surface area contributed by atoms with Crippen LogP contribution in [0.5, 0.6) is 0 Å². The highest BCUT2D eigenvalue weighted by atomic mass is 16.6. The van der Waals surface area contributed by atoms with E-state index in [1.807, 2.05) is 62.9 Å². The molecule has 0 saturated carbocycles. The summed E-state index contributed by atoms with van der Waals surface area (Å²) in [6, 6.07) is 9.44. The van der Waals surface area contributed by atoms with Gasteiger partial charge >= 0.3 is 6.09 Å². The molecule has 0 bridgehead atoms. The second-order valence-electron chi connectivity index (χ2n) is 8.30. The van der Waals surface area contributed by atoms with Crippen molar-refractivity contribution in [1.82, 2.24) is 20.4 Å². The van der Waals surface area contributed by atoms with Crippen LogP contribution in [0.1, 0.15) is 46.2 Å². The molecular weight excluding hydrogens is 382 g/mol. The van der Waals surface area contributed by atoms with Gasteiger partial charge in [0.2, 0.25) is 5.91 Å². The molecule has 0 aliphatic carbocycles. The molecule has 0 radical (unpaired) electrons. The van der Waals surface area contributed by atoms with Gasteiger partial charge in [-0.3, -0.25) is 9.79 Å². The van der Waals surface area contributed by atoms with E-state index in [9.17, 15) is 9.59 Å². The molecule has 1 heterocycles. The Morgan fingerprint density at radius 1 is 1.10 bits per heavy atom. The number of guanidine groups is 1. The Morgan fingerprint density at radius 3 is 2.23 bits per heavy atom. The normalized spacial score (nSPS) is 16.1. The fourth-order valence-corrected chi connectivity index (χ4v) is 3.21. The molecule has 166 valence electrons. The largest absolute Gasteiger partial charge is 0.444 e. The molecule has 2 amide bonds. The molecule has 1 saturated heterocycles. The second-order valence-corrected chi connectivity index (χ2v) is 8.30. The van der Waals surface area contributed by atoms with Crippen molar-refractivity contribution in [1.29, 1.82) is 0 Å². The number of amides is 2. The van der Waals surface area contributed by atoms with Gasteiger partial charge in [-0.1, -0.05) is 30.3 Å². The van der Waals surface area contributed by atoms with Crippen LogP contribution in [0.25, 0.3) is 0 Å². The maximum atomic E-state index is 12.4.